The number of likely N-dealkylation sites (N-methyl/N-ethyl adjacent to an activating group) is 1. The van der Waals surface area contributed by atoms with Crippen molar-refractivity contribution in [2.24, 2.45) is 5.92 Å². The molecule has 0 heterocycles. The van der Waals surface area contributed by atoms with Gasteiger partial charge in [-0.25, -0.2) is 4.79 Å². The largest absolute Gasteiger partial charge is 0.466 e. The highest BCUT2D eigenvalue weighted by molar-refractivity contribution is 5.72. The fraction of sp³-hybridized carbons (Fsp3) is 0.938. The van der Waals surface area contributed by atoms with Gasteiger partial charge in [0.25, 0.3) is 0 Å². The van der Waals surface area contributed by atoms with Gasteiger partial charge >= 0.3 is 18.0 Å². The molecule has 0 spiro atoms. The Hall–Kier alpha value is -1.87. The number of nitrogens with zero attached hydrogens (tertiary/aromatic N) is 2. The number of hydrogen-bond donors (Lipinski definition) is 1. The first-order chi connectivity index (χ1) is 27.8. The number of rotatable bonds is 44. The molecule has 0 fully saturated rings. The highest BCUT2D eigenvalue weighted by Gasteiger charge is 2.19. The Morgan fingerprint density at radius 3 is 1.42 bits per heavy atom. The summed E-state index contributed by atoms with van der Waals surface area (Å²) in [5.74, 6) is 0.0535. The second-order valence-electron chi connectivity index (χ2n) is 17.0. The summed E-state index contributed by atoms with van der Waals surface area (Å²) < 4.78 is 16.8. The van der Waals surface area contributed by atoms with Crippen molar-refractivity contribution < 1.29 is 28.6 Å². The van der Waals surface area contributed by atoms with Crippen LogP contribution in [0.2, 0.25) is 0 Å². The van der Waals surface area contributed by atoms with Crippen LogP contribution in [0.15, 0.2) is 0 Å². The van der Waals surface area contributed by atoms with Crippen molar-refractivity contribution in [3.05, 3.63) is 0 Å². The van der Waals surface area contributed by atoms with Gasteiger partial charge in [-0.3, -0.25) is 14.5 Å². The molecule has 0 aliphatic carbocycles. The molecule has 57 heavy (non-hydrogen) atoms. The lowest BCUT2D eigenvalue weighted by Gasteiger charge is -2.22. The van der Waals surface area contributed by atoms with Gasteiger partial charge in [-0.05, 0) is 72.1 Å². The van der Waals surface area contributed by atoms with E-state index in [4.69, 9.17) is 14.2 Å². The van der Waals surface area contributed by atoms with Crippen molar-refractivity contribution >= 4 is 18.0 Å². The predicted molar refractivity (Wildman–Crippen MR) is 240 cm³/mol. The smallest absolute Gasteiger partial charge is 0.407 e. The third-order valence-electron chi connectivity index (χ3n) is 11.1. The number of esters is 2. The maximum absolute atomic E-state index is 13.0. The molecule has 0 aliphatic rings. The van der Waals surface area contributed by atoms with E-state index in [9.17, 15) is 14.4 Å². The van der Waals surface area contributed by atoms with Crippen LogP contribution in [0.3, 0.4) is 0 Å². The van der Waals surface area contributed by atoms with Gasteiger partial charge in [0.1, 0.15) is 6.61 Å². The van der Waals surface area contributed by atoms with E-state index in [0.717, 1.165) is 110 Å². The van der Waals surface area contributed by atoms with E-state index in [-0.39, 0.29) is 23.9 Å². The average molecular weight is 810 g/mol. The number of hydrogen-bond acceptors (Lipinski definition) is 8. The van der Waals surface area contributed by atoms with Crippen LogP contribution in [0, 0.1) is 5.92 Å². The monoisotopic (exact) mass is 810 g/mol. The molecule has 0 aromatic rings. The number of carbonyl (C=O) groups is 3. The quantitative estimate of drug-likeness (QED) is 0.0369. The molecule has 338 valence electrons. The lowest BCUT2D eigenvalue weighted by atomic mass is 9.94. The fourth-order valence-corrected chi connectivity index (χ4v) is 7.29. The molecular weight excluding hydrogens is 715 g/mol. The average Bonchev–Trinajstić information content (AvgIpc) is 3.19. The van der Waals surface area contributed by atoms with Gasteiger partial charge in [-0.15, -0.1) is 0 Å². The van der Waals surface area contributed by atoms with Gasteiger partial charge in [0.05, 0.1) is 19.1 Å². The van der Waals surface area contributed by atoms with Crippen molar-refractivity contribution in [3.63, 3.8) is 0 Å². The summed E-state index contributed by atoms with van der Waals surface area (Å²) in [7, 11) is 3.96. The van der Waals surface area contributed by atoms with E-state index >= 15 is 0 Å². The van der Waals surface area contributed by atoms with Crippen molar-refractivity contribution in [1.82, 2.24) is 15.1 Å². The molecule has 1 N–H and O–H groups in total. The minimum atomic E-state index is -0.358. The van der Waals surface area contributed by atoms with Gasteiger partial charge in [-0.2, -0.15) is 0 Å². The van der Waals surface area contributed by atoms with Gasteiger partial charge in [-0.1, -0.05) is 168 Å². The van der Waals surface area contributed by atoms with Crippen molar-refractivity contribution in [1.29, 1.82) is 0 Å². The number of nitrogens with one attached hydrogen (secondary N) is 1. The Kier molecular flexibility index (Phi) is 42.3. The van der Waals surface area contributed by atoms with Crippen LogP contribution in [0.25, 0.3) is 0 Å². The topological polar surface area (TPSA) is 97.4 Å². The Balaban J connectivity index is 4.36. The number of unbranched alkanes of at least 4 members (excludes halogenated alkanes) is 23. The molecule has 0 saturated carbocycles. The molecule has 1 atom stereocenters. The highest BCUT2D eigenvalue weighted by Crippen LogP contribution is 2.21. The minimum absolute atomic E-state index is 0.0412. The molecule has 0 bridgehead atoms. The SMILES string of the molecule is CCCCCCCCCCCOC(=O)CCCCCN(CCCCCCCCOC(=O)C(CCCCCC)CCCCCCCC)CCOC(=O)NCCN(C)C. The first-order valence-electron chi connectivity index (χ1n) is 24.4. The minimum Gasteiger partial charge on any atom is -0.466 e. The standard InChI is InChI=1S/C48H95N3O6/c1-6-9-12-15-17-18-20-24-32-42-55-46(52)36-29-26-31-39-51(41-44-57-48(54)49-37-40-50(4)5)38-30-23-19-21-25-33-43-56-47(53)45(34-27-14-11-8-3)35-28-22-16-13-10-7-2/h45H,6-44H2,1-5H3,(H,49,54). The summed E-state index contributed by atoms with van der Waals surface area (Å²) in [5, 5.41) is 2.82. The van der Waals surface area contributed by atoms with Crippen molar-refractivity contribution in [2.45, 2.75) is 220 Å². The summed E-state index contributed by atoms with van der Waals surface area (Å²) in [5.41, 5.74) is 0. The Morgan fingerprint density at radius 1 is 0.456 bits per heavy atom. The lowest BCUT2D eigenvalue weighted by molar-refractivity contribution is -0.149. The Labute approximate surface area is 353 Å². The number of alkyl carbamates (subject to hydrolysis) is 1. The second-order valence-corrected chi connectivity index (χ2v) is 17.0. The van der Waals surface area contributed by atoms with E-state index in [2.05, 4.69) is 31.0 Å². The predicted octanol–water partition coefficient (Wildman–Crippen LogP) is 12.4. The fourth-order valence-electron chi connectivity index (χ4n) is 7.29. The zero-order valence-electron chi connectivity index (χ0n) is 38.5. The third kappa shape index (κ3) is 40.7. The normalized spacial score (nSPS) is 12.0. The van der Waals surface area contributed by atoms with E-state index < -0.39 is 0 Å². The van der Waals surface area contributed by atoms with Gasteiger partial charge < -0.3 is 24.4 Å². The molecule has 0 aromatic carbocycles. The van der Waals surface area contributed by atoms with E-state index in [1.54, 1.807) is 0 Å². The van der Waals surface area contributed by atoms with Crippen molar-refractivity contribution in [3.8, 4) is 0 Å². The summed E-state index contributed by atoms with van der Waals surface area (Å²) in [6.45, 7) is 12.2. The summed E-state index contributed by atoms with van der Waals surface area (Å²) in [6, 6.07) is 0. The van der Waals surface area contributed by atoms with E-state index in [0.29, 0.717) is 39.3 Å². The van der Waals surface area contributed by atoms with Gasteiger partial charge in [0.2, 0.25) is 0 Å². The molecule has 9 heteroatoms. The van der Waals surface area contributed by atoms with Crippen molar-refractivity contribution in [2.75, 3.05) is 66.6 Å². The molecule has 0 radical (unpaired) electrons. The molecule has 0 saturated heterocycles. The van der Waals surface area contributed by atoms with Crippen LogP contribution in [0.5, 0.6) is 0 Å². The summed E-state index contributed by atoms with van der Waals surface area (Å²) in [4.78, 5) is 41.8. The molecule has 1 amide bonds. The van der Waals surface area contributed by atoms with Crippen LogP contribution in [0.4, 0.5) is 4.79 Å². The van der Waals surface area contributed by atoms with E-state index in [1.807, 2.05) is 19.0 Å². The Morgan fingerprint density at radius 2 is 0.895 bits per heavy atom. The van der Waals surface area contributed by atoms with Crippen LogP contribution >= 0.6 is 0 Å². The molecular formula is C48H95N3O6. The molecule has 1 unspecified atom stereocenters. The third-order valence-corrected chi connectivity index (χ3v) is 11.1. The zero-order valence-corrected chi connectivity index (χ0v) is 38.5. The van der Waals surface area contributed by atoms with Crippen LogP contribution in [0.1, 0.15) is 220 Å². The Bertz CT molecular complexity index is 888. The zero-order chi connectivity index (χ0) is 41.9. The maximum Gasteiger partial charge on any atom is 0.407 e. The van der Waals surface area contributed by atoms with Crippen LogP contribution in [-0.4, -0.2) is 94.5 Å². The molecule has 9 nitrogen and oxygen atoms in total. The molecule has 0 rings (SSSR count). The lowest BCUT2D eigenvalue weighted by Crippen LogP contribution is -2.35. The molecule has 0 aromatic heterocycles. The summed E-state index contributed by atoms with van der Waals surface area (Å²) in [6.07, 6.45) is 35.3. The summed E-state index contributed by atoms with van der Waals surface area (Å²) >= 11 is 0. The highest BCUT2D eigenvalue weighted by atomic mass is 16.5. The van der Waals surface area contributed by atoms with Gasteiger partial charge in [0.15, 0.2) is 0 Å². The van der Waals surface area contributed by atoms with Gasteiger partial charge in [0, 0.05) is 26.1 Å². The first-order valence-corrected chi connectivity index (χ1v) is 24.4. The van der Waals surface area contributed by atoms with E-state index in [1.165, 1.54) is 103 Å². The van der Waals surface area contributed by atoms with Crippen LogP contribution in [-0.2, 0) is 23.8 Å². The number of carbonyl (C=O) groups excluding carboxylic acids is 3. The second kappa shape index (κ2) is 43.7. The number of ether oxygens (including phenoxy) is 3. The molecule has 0 aliphatic heterocycles. The first kappa shape index (κ1) is 55.1. The number of amides is 1. The maximum atomic E-state index is 13.0. The van der Waals surface area contributed by atoms with Crippen LogP contribution < -0.4 is 5.32 Å².